The molecule has 0 aromatic rings. The summed E-state index contributed by atoms with van der Waals surface area (Å²) in [4.78, 5) is 0. The summed E-state index contributed by atoms with van der Waals surface area (Å²) in [6, 6.07) is 0. The molecule has 0 heterocycles. The Hall–Kier alpha value is 0.137. The second kappa shape index (κ2) is 4.77. The molecule has 0 aliphatic rings. The maximum atomic E-state index is 5.94. The SMILES string of the molecule is CC(O[SiH3])OC(C(C)(C)C)C(C)(C)C. The predicted molar refractivity (Wildman–Crippen MR) is 64.3 cm³/mol. The molecule has 0 fully saturated rings. The average Bonchev–Trinajstić information content (AvgIpc) is 1.95. The normalized spacial score (nSPS) is 16.3. The maximum absolute atomic E-state index is 5.94. The molecule has 2 nitrogen and oxygen atoms in total. The van der Waals surface area contributed by atoms with E-state index in [0.29, 0.717) is 0 Å². The van der Waals surface area contributed by atoms with Crippen LogP contribution < -0.4 is 0 Å². The Morgan fingerprint density at radius 3 is 1.50 bits per heavy atom. The molecule has 1 atom stereocenters. The van der Waals surface area contributed by atoms with Crippen molar-refractivity contribution in [3.05, 3.63) is 0 Å². The Labute approximate surface area is 91.9 Å². The third kappa shape index (κ3) is 4.58. The zero-order valence-corrected chi connectivity index (χ0v) is 13.0. The lowest BCUT2D eigenvalue weighted by Gasteiger charge is -2.41. The first-order valence-corrected chi connectivity index (χ1v) is 6.09. The van der Waals surface area contributed by atoms with E-state index in [-0.39, 0.29) is 23.2 Å². The molecule has 0 aliphatic carbocycles. The Bertz CT molecular complexity index is 153. The zero-order chi connectivity index (χ0) is 11.6. The lowest BCUT2D eigenvalue weighted by atomic mass is 9.74. The predicted octanol–water partition coefficient (Wildman–Crippen LogP) is 2.11. The number of hydrogen-bond acceptors (Lipinski definition) is 2. The summed E-state index contributed by atoms with van der Waals surface area (Å²) in [5, 5.41) is 0. The highest BCUT2D eigenvalue weighted by Gasteiger charge is 2.36. The Kier molecular flexibility index (Phi) is 4.82. The van der Waals surface area contributed by atoms with Crippen molar-refractivity contribution in [2.45, 2.75) is 60.9 Å². The van der Waals surface area contributed by atoms with Crippen LogP contribution in [0.1, 0.15) is 48.5 Å². The Morgan fingerprint density at radius 2 is 1.29 bits per heavy atom. The van der Waals surface area contributed by atoms with Crippen molar-refractivity contribution < 1.29 is 9.16 Å². The third-order valence-electron chi connectivity index (χ3n) is 2.23. The molecule has 0 aromatic heterocycles. The second-order valence-corrected chi connectivity index (χ2v) is 6.52. The molecule has 3 heteroatoms. The average molecular weight is 218 g/mol. The van der Waals surface area contributed by atoms with Crippen LogP contribution in [0.2, 0.25) is 0 Å². The monoisotopic (exact) mass is 218 g/mol. The van der Waals surface area contributed by atoms with Gasteiger partial charge in [-0.15, -0.1) is 0 Å². The lowest BCUT2D eigenvalue weighted by molar-refractivity contribution is -0.174. The van der Waals surface area contributed by atoms with Crippen LogP contribution in [-0.2, 0) is 9.16 Å². The molecule has 14 heavy (non-hydrogen) atoms. The van der Waals surface area contributed by atoms with Gasteiger partial charge in [0.25, 0.3) is 0 Å². The van der Waals surface area contributed by atoms with Crippen LogP contribution in [0.25, 0.3) is 0 Å². The summed E-state index contributed by atoms with van der Waals surface area (Å²) in [5.41, 5.74) is 0.291. The maximum Gasteiger partial charge on any atom is 0.149 e. The fourth-order valence-corrected chi connectivity index (χ4v) is 2.07. The number of hydrogen-bond donors (Lipinski definition) is 0. The summed E-state index contributed by atoms with van der Waals surface area (Å²) < 4.78 is 11.2. The smallest absolute Gasteiger partial charge is 0.149 e. The van der Waals surface area contributed by atoms with Gasteiger partial charge in [0, 0.05) is 0 Å². The van der Waals surface area contributed by atoms with Gasteiger partial charge in [0.15, 0.2) is 0 Å². The summed E-state index contributed by atoms with van der Waals surface area (Å²) in [6.45, 7) is 15.2. The van der Waals surface area contributed by atoms with Gasteiger partial charge in [-0.1, -0.05) is 41.5 Å². The molecule has 0 rings (SSSR count). The largest absolute Gasteiger partial charge is 0.404 e. The lowest BCUT2D eigenvalue weighted by Crippen LogP contribution is -2.42. The number of ether oxygens (including phenoxy) is 1. The van der Waals surface area contributed by atoms with Gasteiger partial charge in [0.05, 0.1) is 6.10 Å². The molecule has 0 radical (unpaired) electrons. The van der Waals surface area contributed by atoms with Crippen LogP contribution in [0.4, 0.5) is 0 Å². The van der Waals surface area contributed by atoms with E-state index in [2.05, 4.69) is 41.5 Å². The van der Waals surface area contributed by atoms with Crippen molar-refractivity contribution in [3.8, 4) is 0 Å². The minimum Gasteiger partial charge on any atom is -0.404 e. The summed E-state index contributed by atoms with van der Waals surface area (Å²) in [6.07, 6.45) is 0.129. The van der Waals surface area contributed by atoms with E-state index in [4.69, 9.17) is 9.16 Å². The van der Waals surface area contributed by atoms with Crippen molar-refractivity contribution in [3.63, 3.8) is 0 Å². The molecule has 1 unspecified atom stereocenters. The Morgan fingerprint density at radius 1 is 0.929 bits per heavy atom. The molecule has 86 valence electrons. The minimum absolute atomic E-state index is 0.0786. The molecule has 0 aliphatic heterocycles. The van der Waals surface area contributed by atoms with Crippen LogP contribution >= 0.6 is 0 Å². The fourth-order valence-electron chi connectivity index (χ4n) is 1.95. The fraction of sp³-hybridized carbons (Fsp3) is 1.00. The first-order chi connectivity index (χ1) is 6.09. The first-order valence-electron chi connectivity index (χ1n) is 5.27. The van der Waals surface area contributed by atoms with E-state index in [0.717, 1.165) is 10.5 Å². The van der Waals surface area contributed by atoms with Gasteiger partial charge < -0.3 is 9.16 Å². The molecule has 0 N–H and O–H groups in total. The van der Waals surface area contributed by atoms with E-state index in [1.165, 1.54) is 0 Å². The van der Waals surface area contributed by atoms with Crippen LogP contribution in [0.3, 0.4) is 0 Å². The highest BCUT2D eigenvalue weighted by Crippen LogP contribution is 2.36. The summed E-state index contributed by atoms with van der Waals surface area (Å²) in [5.74, 6) is 0. The van der Waals surface area contributed by atoms with Crippen molar-refractivity contribution in [1.29, 1.82) is 0 Å². The summed E-state index contributed by atoms with van der Waals surface area (Å²) in [7, 11) is 0.727. The highest BCUT2D eigenvalue weighted by atomic mass is 28.2. The van der Waals surface area contributed by atoms with Gasteiger partial charge in [-0.3, -0.25) is 0 Å². The van der Waals surface area contributed by atoms with Crippen molar-refractivity contribution in [2.24, 2.45) is 10.8 Å². The highest BCUT2D eigenvalue weighted by molar-refractivity contribution is 5.98. The third-order valence-corrected chi connectivity index (χ3v) is 2.90. The Balaban J connectivity index is 4.59. The van der Waals surface area contributed by atoms with E-state index < -0.39 is 0 Å². The first kappa shape index (κ1) is 14.1. The quantitative estimate of drug-likeness (QED) is 0.533. The van der Waals surface area contributed by atoms with Crippen molar-refractivity contribution >= 4 is 10.5 Å². The standard InChI is InChI=1S/C11H26O2Si/c1-8(13-14)12-9(10(2,3)4)11(5,6)7/h8-9H,1-7,14H3. The van der Waals surface area contributed by atoms with Crippen LogP contribution in [0.5, 0.6) is 0 Å². The minimum atomic E-state index is -0.0786. The van der Waals surface area contributed by atoms with Gasteiger partial charge in [0.2, 0.25) is 0 Å². The van der Waals surface area contributed by atoms with E-state index in [9.17, 15) is 0 Å². The molecule has 0 saturated carbocycles. The molecular formula is C11H26O2Si. The van der Waals surface area contributed by atoms with Gasteiger partial charge in [-0.25, -0.2) is 0 Å². The molecule has 0 aromatic carbocycles. The molecule has 0 amide bonds. The van der Waals surface area contributed by atoms with Crippen LogP contribution in [-0.4, -0.2) is 22.9 Å². The van der Waals surface area contributed by atoms with Gasteiger partial charge in [-0.05, 0) is 17.8 Å². The van der Waals surface area contributed by atoms with Crippen molar-refractivity contribution in [1.82, 2.24) is 0 Å². The molecule has 0 saturated heterocycles. The van der Waals surface area contributed by atoms with Crippen LogP contribution in [0.15, 0.2) is 0 Å². The zero-order valence-electron chi connectivity index (χ0n) is 11.0. The van der Waals surface area contributed by atoms with Gasteiger partial charge in [-0.2, -0.15) is 0 Å². The van der Waals surface area contributed by atoms with E-state index >= 15 is 0 Å². The van der Waals surface area contributed by atoms with Gasteiger partial charge in [0.1, 0.15) is 16.8 Å². The van der Waals surface area contributed by atoms with Gasteiger partial charge >= 0.3 is 0 Å². The van der Waals surface area contributed by atoms with E-state index in [1.54, 1.807) is 0 Å². The second-order valence-electron chi connectivity index (χ2n) is 6.05. The molecular weight excluding hydrogens is 192 g/mol. The van der Waals surface area contributed by atoms with Crippen LogP contribution in [0, 0.1) is 10.8 Å². The number of rotatable bonds is 3. The molecule has 0 spiro atoms. The topological polar surface area (TPSA) is 18.5 Å². The van der Waals surface area contributed by atoms with Crippen molar-refractivity contribution in [2.75, 3.05) is 0 Å². The summed E-state index contributed by atoms with van der Waals surface area (Å²) >= 11 is 0. The van der Waals surface area contributed by atoms with E-state index in [1.807, 2.05) is 6.92 Å². The molecule has 0 bridgehead atoms.